The molecule has 0 saturated carbocycles. The lowest BCUT2D eigenvalue weighted by molar-refractivity contribution is 0.141. The molecule has 1 aromatic carbocycles. The van der Waals surface area contributed by atoms with Gasteiger partial charge in [0, 0.05) is 17.1 Å². The van der Waals surface area contributed by atoms with Gasteiger partial charge in [-0.25, -0.2) is 0 Å². The first kappa shape index (κ1) is 13.1. The number of nitrogens with two attached hydrogens (primary N) is 1. The largest absolute Gasteiger partial charge is 0.329 e. The zero-order chi connectivity index (χ0) is 12.3. The van der Waals surface area contributed by atoms with E-state index in [4.69, 9.17) is 5.73 Å². The van der Waals surface area contributed by atoms with Crippen LogP contribution in [0.4, 0.5) is 0 Å². The summed E-state index contributed by atoms with van der Waals surface area (Å²) in [7, 11) is 0. The predicted molar refractivity (Wildman–Crippen MR) is 75.9 cm³/mol. The third-order valence-electron chi connectivity index (χ3n) is 3.74. The van der Waals surface area contributed by atoms with Gasteiger partial charge in [-0.1, -0.05) is 35.0 Å². The monoisotopic (exact) mass is 296 g/mol. The molecule has 1 aliphatic heterocycles. The lowest BCUT2D eigenvalue weighted by Crippen LogP contribution is -2.39. The molecule has 94 valence electrons. The minimum absolute atomic E-state index is 0.385. The van der Waals surface area contributed by atoms with E-state index in [2.05, 4.69) is 52.0 Å². The number of hydrogen-bond acceptors (Lipinski definition) is 2. The molecule has 2 nitrogen and oxygen atoms in total. The van der Waals surface area contributed by atoms with Gasteiger partial charge in [0.2, 0.25) is 0 Å². The highest BCUT2D eigenvalue weighted by Crippen LogP contribution is 2.26. The molecule has 1 aliphatic rings. The summed E-state index contributed by atoms with van der Waals surface area (Å²) in [5, 5.41) is 0. The Morgan fingerprint density at radius 3 is 2.41 bits per heavy atom. The van der Waals surface area contributed by atoms with Crippen LogP contribution < -0.4 is 5.73 Å². The highest BCUT2D eigenvalue weighted by molar-refractivity contribution is 9.10. The summed E-state index contributed by atoms with van der Waals surface area (Å²) < 4.78 is 1.13. The van der Waals surface area contributed by atoms with Crippen molar-refractivity contribution in [1.82, 2.24) is 4.90 Å². The minimum Gasteiger partial charge on any atom is -0.329 e. The molecule has 1 aromatic rings. The molecule has 1 saturated heterocycles. The van der Waals surface area contributed by atoms with Crippen molar-refractivity contribution in [1.29, 1.82) is 0 Å². The molecule has 2 rings (SSSR count). The first-order valence-electron chi connectivity index (χ1n) is 6.40. The van der Waals surface area contributed by atoms with Crippen molar-refractivity contribution >= 4 is 15.9 Å². The number of hydrogen-bond donors (Lipinski definition) is 1. The fourth-order valence-electron chi connectivity index (χ4n) is 2.52. The average Bonchev–Trinajstić information content (AvgIpc) is 2.35. The Hall–Kier alpha value is -0.380. The van der Waals surface area contributed by atoms with E-state index >= 15 is 0 Å². The summed E-state index contributed by atoms with van der Waals surface area (Å²) in [5.74, 6) is 0.870. The molecule has 17 heavy (non-hydrogen) atoms. The van der Waals surface area contributed by atoms with Crippen LogP contribution in [0.2, 0.25) is 0 Å². The Kier molecular flexibility index (Phi) is 4.60. The molecule has 0 bridgehead atoms. The maximum Gasteiger partial charge on any atom is 0.0470 e. The molecule has 0 amide bonds. The molecule has 1 atom stereocenters. The highest BCUT2D eigenvalue weighted by atomic mass is 79.9. The fourth-order valence-corrected chi connectivity index (χ4v) is 2.79. The highest BCUT2D eigenvalue weighted by Gasteiger charge is 2.23. The molecule has 1 fully saturated rings. The second-order valence-corrected chi connectivity index (χ2v) is 5.94. The normalized spacial score (nSPS) is 20.4. The van der Waals surface area contributed by atoms with E-state index < -0.39 is 0 Å². The molecule has 1 heterocycles. The first-order chi connectivity index (χ1) is 8.20. The van der Waals surface area contributed by atoms with Gasteiger partial charge in [0.15, 0.2) is 0 Å². The Bertz CT molecular complexity index is 342. The summed E-state index contributed by atoms with van der Waals surface area (Å²) >= 11 is 3.48. The van der Waals surface area contributed by atoms with Gasteiger partial charge in [-0.2, -0.15) is 0 Å². The van der Waals surface area contributed by atoms with Crippen molar-refractivity contribution in [2.45, 2.75) is 25.8 Å². The maximum absolute atomic E-state index is 5.95. The summed E-state index contributed by atoms with van der Waals surface area (Å²) in [5.41, 5.74) is 7.29. The van der Waals surface area contributed by atoms with Crippen molar-refractivity contribution < 1.29 is 0 Å². The third-order valence-corrected chi connectivity index (χ3v) is 4.27. The Balaban J connectivity index is 2.08. The van der Waals surface area contributed by atoms with Crippen LogP contribution in [0.1, 0.15) is 31.4 Å². The molecule has 3 heteroatoms. The van der Waals surface area contributed by atoms with Gasteiger partial charge >= 0.3 is 0 Å². The van der Waals surface area contributed by atoms with Gasteiger partial charge in [-0.05, 0) is 49.5 Å². The number of rotatable bonds is 3. The zero-order valence-corrected chi connectivity index (χ0v) is 12.0. The number of halogens is 1. The van der Waals surface area contributed by atoms with Crippen LogP contribution in [-0.4, -0.2) is 24.5 Å². The number of benzene rings is 1. The van der Waals surface area contributed by atoms with Crippen molar-refractivity contribution in [2.75, 3.05) is 19.6 Å². The smallest absolute Gasteiger partial charge is 0.0470 e. The van der Waals surface area contributed by atoms with E-state index in [0.717, 1.165) is 10.4 Å². The van der Waals surface area contributed by atoms with E-state index in [-0.39, 0.29) is 0 Å². The molecule has 0 spiro atoms. The summed E-state index contributed by atoms with van der Waals surface area (Å²) in [6.07, 6.45) is 2.60. The van der Waals surface area contributed by atoms with Gasteiger partial charge in [0.25, 0.3) is 0 Å². The topological polar surface area (TPSA) is 29.3 Å². The first-order valence-corrected chi connectivity index (χ1v) is 7.19. The Morgan fingerprint density at radius 2 is 1.88 bits per heavy atom. The number of piperidine rings is 1. The van der Waals surface area contributed by atoms with E-state index in [9.17, 15) is 0 Å². The Morgan fingerprint density at radius 1 is 1.29 bits per heavy atom. The van der Waals surface area contributed by atoms with Crippen molar-refractivity contribution in [3.8, 4) is 0 Å². The van der Waals surface area contributed by atoms with Gasteiger partial charge in [0.05, 0.1) is 0 Å². The van der Waals surface area contributed by atoms with E-state index in [1.165, 1.54) is 31.5 Å². The maximum atomic E-state index is 5.95. The average molecular weight is 297 g/mol. The quantitative estimate of drug-likeness (QED) is 0.928. The molecular weight excluding hydrogens is 276 g/mol. The summed E-state index contributed by atoms with van der Waals surface area (Å²) in [6, 6.07) is 8.95. The van der Waals surface area contributed by atoms with Gasteiger partial charge < -0.3 is 5.73 Å². The second kappa shape index (κ2) is 5.98. The lowest BCUT2D eigenvalue weighted by Gasteiger charge is -2.36. The lowest BCUT2D eigenvalue weighted by atomic mass is 9.96. The van der Waals surface area contributed by atoms with Crippen LogP contribution in [0.3, 0.4) is 0 Å². The second-order valence-electron chi connectivity index (χ2n) is 5.02. The standard InChI is InChI=1S/C14H21BrN2/c1-11-6-8-17(9-7-11)14(10-16)12-2-4-13(15)5-3-12/h2-5,11,14H,6-10,16H2,1H3/t14-/m1/s1. The van der Waals surface area contributed by atoms with Gasteiger partial charge in [0.1, 0.15) is 0 Å². The SMILES string of the molecule is CC1CCN([C@H](CN)c2ccc(Br)cc2)CC1. The molecule has 0 aromatic heterocycles. The molecule has 0 radical (unpaired) electrons. The van der Waals surface area contributed by atoms with Crippen LogP contribution in [0.15, 0.2) is 28.7 Å². The predicted octanol–water partition coefficient (Wildman–Crippen LogP) is 3.18. The van der Waals surface area contributed by atoms with Gasteiger partial charge in [-0.15, -0.1) is 0 Å². The van der Waals surface area contributed by atoms with E-state index in [1.54, 1.807) is 0 Å². The summed E-state index contributed by atoms with van der Waals surface area (Å²) in [4.78, 5) is 2.53. The van der Waals surface area contributed by atoms with Crippen LogP contribution in [0.5, 0.6) is 0 Å². The minimum atomic E-state index is 0.385. The van der Waals surface area contributed by atoms with Crippen molar-refractivity contribution in [3.05, 3.63) is 34.3 Å². The van der Waals surface area contributed by atoms with Crippen LogP contribution >= 0.6 is 15.9 Å². The molecular formula is C14H21BrN2. The summed E-state index contributed by atoms with van der Waals surface area (Å²) in [6.45, 7) is 5.41. The van der Waals surface area contributed by atoms with E-state index in [0.29, 0.717) is 12.6 Å². The van der Waals surface area contributed by atoms with Crippen LogP contribution in [0, 0.1) is 5.92 Å². The Labute approximate surface area is 112 Å². The van der Waals surface area contributed by atoms with Crippen molar-refractivity contribution in [3.63, 3.8) is 0 Å². The third kappa shape index (κ3) is 3.30. The number of likely N-dealkylation sites (tertiary alicyclic amines) is 1. The fraction of sp³-hybridized carbons (Fsp3) is 0.571. The molecule has 0 unspecified atom stereocenters. The molecule has 2 N–H and O–H groups in total. The number of nitrogens with zero attached hydrogens (tertiary/aromatic N) is 1. The van der Waals surface area contributed by atoms with E-state index in [1.807, 2.05) is 0 Å². The zero-order valence-electron chi connectivity index (χ0n) is 10.4. The van der Waals surface area contributed by atoms with Crippen molar-refractivity contribution in [2.24, 2.45) is 11.7 Å². The van der Waals surface area contributed by atoms with Crippen LogP contribution in [0.25, 0.3) is 0 Å². The molecule has 0 aliphatic carbocycles. The van der Waals surface area contributed by atoms with Crippen LogP contribution in [-0.2, 0) is 0 Å². The van der Waals surface area contributed by atoms with Gasteiger partial charge in [-0.3, -0.25) is 4.90 Å².